The average molecular weight is 348 g/mol. The van der Waals surface area contributed by atoms with Gasteiger partial charge in [0, 0.05) is 49.3 Å². The summed E-state index contributed by atoms with van der Waals surface area (Å²) in [4.78, 5) is 8.73. The molecule has 3 aromatic rings. The molecule has 0 unspecified atom stereocenters. The van der Waals surface area contributed by atoms with E-state index in [0.29, 0.717) is 0 Å². The second-order valence-electron chi connectivity index (χ2n) is 7.48. The fraction of sp³-hybridized carbons (Fsp3) is 0.391. The summed E-state index contributed by atoms with van der Waals surface area (Å²) in [5.41, 5.74) is 5.53. The van der Waals surface area contributed by atoms with Crippen LogP contribution in [0.3, 0.4) is 0 Å². The summed E-state index contributed by atoms with van der Waals surface area (Å²) in [6, 6.07) is 19.5. The van der Waals surface area contributed by atoms with E-state index in [1.807, 2.05) is 0 Å². The number of para-hydroxylation sites is 1. The van der Waals surface area contributed by atoms with Gasteiger partial charge >= 0.3 is 0 Å². The minimum atomic E-state index is 1.09. The Morgan fingerprint density at radius 3 is 2.35 bits per heavy atom. The summed E-state index contributed by atoms with van der Waals surface area (Å²) in [5.74, 6) is 0. The first-order chi connectivity index (χ1) is 12.8. The Morgan fingerprint density at radius 1 is 0.846 bits per heavy atom. The van der Waals surface area contributed by atoms with Crippen molar-refractivity contribution in [2.45, 2.75) is 26.3 Å². The minimum Gasteiger partial charge on any atom is -0.358 e. The number of H-pyrrole nitrogens is 1. The normalized spacial score (nSPS) is 16.3. The molecular formula is C23H29N3. The van der Waals surface area contributed by atoms with E-state index in [0.717, 1.165) is 6.54 Å². The highest BCUT2D eigenvalue weighted by molar-refractivity contribution is 5.84. The molecule has 0 saturated carbocycles. The van der Waals surface area contributed by atoms with Gasteiger partial charge in [0.05, 0.1) is 0 Å². The number of hydrogen-bond donors (Lipinski definition) is 1. The molecule has 1 aliphatic rings. The fourth-order valence-corrected chi connectivity index (χ4v) is 4.15. The highest BCUT2D eigenvalue weighted by Crippen LogP contribution is 2.23. The molecule has 0 spiro atoms. The van der Waals surface area contributed by atoms with Crippen molar-refractivity contribution in [3.8, 4) is 0 Å². The zero-order valence-corrected chi connectivity index (χ0v) is 15.7. The van der Waals surface area contributed by atoms with E-state index in [1.54, 1.807) is 0 Å². The number of aromatic nitrogens is 1. The summed E-state index contributed by atoms with van der Waals surface area (Å²) in [5, 5.41) is 1.40. The molecule has 1 aromatic heterocycles. The molecule has 2 heterocycles. The van der Waals surface area contributed by atoms with Gasteiger partial charge in [-0.3, -0.25) is 4.90 Å². The molecule has 1 N–H and O–H groups in total. The zero-order valence-electron chi connectivity index (χ0n) is 15.7. The van der Waals surface area contributed by atoms with Gasteiger partial charge < -0.3 is 9.88 Å². The van der Waals surface area contributed by atoms with Gasteiger partial charge in [-0.2, -0.15) is 0 Å². The number of rotatable bonds is 6. The number of nitrogens with zero attached hydrogens (tertiary/aromatic N) is 2. The maximum absolute atomic E-state index is 3.52. The molecule has 0 bridgehead atoms. The first-order valence-corrected chi connectivity index (χ1v) is 9.84. The van der Waals surface area contributed by atoms with E-state index in [1.165, 1.54) is 73.3 Å². The van der Waals surface area contributed by atoms with Crippen LogP contribution in [0.4, 0.5) is 0 Å². The van der Waals surface area contributed by atoms with E-state index in [4.69, 9.17) is 0 Å². The van der Waals surface area contributed by atoms with Gasteiger partial charge in [-0.1, -0.05) is 48.5 Å². The van der Waals surface area contributed by atoms with Crippen LogP contribution in [0.1, 0.15) is 23.2 Å². The lowest BCUT2D eigenvalue weighted by atomic mass is 10.1. The fourth-order valence-electron chi connectivity index (χ4n) is 4.15. The Morgan fingerprint density at radius 2 is 1.54 bits per heavy atom. The molecule has 0 atom stereocenters. The van der Waals surface area contributed by atoms with Gasteiger partial charge in [-0.25, -0.2) is 0 Å². The topological polar surface area (TPSA) is 22.3 Å². The molecule has 1 aliphatic heterocycles. The molecule has 1 fully saturated rings. The number of piperazine rings is 1. The van der Waals surface area contributed by atoms with Crippen molar-refractivity contribution < 1.29 is 0 Å². The molecule has 0 amide bonds. The molecular weight excluding hydrogens is 318 g/mol. The Kier molecular flexibility index (Phi) is 5.37. The SMILES string of the molecule is Cc1[nH]c2ccccc2c1CCCN1CCN(Cc2ccccc2)CC1. The van der Waals surface area contributed by atoms with Crippen LogP contribution < -0.4 is 0 Å². The predicted octanol–water partition coefficient (Wildman–Crippen LogP) is 4.23. The summed E-state index contributed by atoms with van der Waals surface area (Å²) >= 11 is 0. The van der Waals surface area contributed by atoms with E-state index in [2.05, 4.69) is 76.3 Å². The maximum Gasteiger partial charge on any atom is 0.0458 e. The lowest BCUT2D eigenvalue weighted by Gasteiger charge is -2.34. The third kappa shape index (κ3) is 4.00. The summed E-state index contributed by atoms with van der Waals surface area (Å²) in [6.07, 6.45) is 2.40. The third-order valence-electron chi connectivity index (χ3n) is 5.64. The molecule has 26 heavy (non-hydrogen) atoms. The standard InChI is InChI=1S/C23H29N3/c1-19-21(22-10-5-6-12-23(22)24-19)11-7-13-25-14-16-26(17-15-25)18-20-8-3-2-4-9-20/h2-6,8-10,12,24H,7,11,13-18H2,1H3. The van der Waals surface area contributed by atoms with Crippen LogP contribution in [0.5, 0.6) is 0 Å². The van der Waals surface area contributed by atoms with Crippen LogP contribution >= 0.6 is 0 Å². The molecule has 136 valence electrons. The van der Waals surface area contributed by atoms with Crippen molar-refractivity contribution >= 4 is 10.9 Å². The van der Waals surface area contributed by atoms with Gasteiger partial charge in [0.1, 0.15) is 0 Å². The van der Waals surface area contributed by atoms with Crippen LogP contribution in [0.15, 0.2) is 54.6 Å². The molecule has 4 rings (SSSR count). The van der Waals surface area contributed by atoms with Gasteiger partial charge in [-0.15, -0.1) is 0 Å². The van der Waals surface area contributed by atoms with Crippen molar-refractivity contribution in [1.82, 2.24) is 14.8 Å². The van der Waals surface area contributed by atoms with Gasteiger partial charge in [0.2, 0.25) is 0 Å². The smallest absolute Gasteiger partial charge is 0.0458 e. The van der Waals surface area contributed by atoms with Crippen molar-refractivity contribution in [2.75, 3.05) is 32.7 Å². The van der Waals surface area contributed by atoms with Crippen LogP contribution in [0, 0.1) is 6.92 Å². The summed E-state index contributed by atoms with van der Waals surface area (Å²) in [6.45, 7) is 9.25. The number of aryl methyl sites for hydroxylation is 2. The molecule has 0 aliphatic carbocycles. The third-order valence-corrected chi connectivity index (χ3v) is 5.64. The lowest BCUT2D eigenvalue weighted by molar-refractivity contribution is 0.126. The molecule has 2 aromatic carbocycles. The van der Waals surface area contributed by atoms with Crippen molar-refractivity contribution in [1.29, 1.82) is 0 Å². The largest absolute Gasteiger partial charge is 0.358 e. The van der Waals surface area contributed by atoms with Crippen molar-refractivity contribution in [3.63, 3.8) is 0 Å². The monoisotopic (exact) mass is 347 g/mol. The molecule has 3 nitrogen and oxygen atoms in total. The Labute approximate surface area is 156 Å². The van der Waals surface area contributed by atoms with E-state index < -0.39 is 0 Å². The Hall–Kier alpha value is -2.10. The Bertz CT molecular complexity index is 829. The van der Waals surface area contributed by atoms with Crippen LogP contribution in [0.25, 0.3) is 10.9 Å². The molecule has 3 heteroatoms. The van der Waals surface area contributed by atoms with E-state index >= 15 is 0 Å². The second kappa shape index (κ2) is 8.07. The number of hydrogen-bond acceptors (Lipinski definition) is 2. The van der Waals surface area contributed by atoms with Gasteiger partial charge in [0.15, 0.2) is 0 Å². The van der Waals surface area contributed by atoms with Crippen LogP contribution in [0.2, 0.25) is 0 Å². The van der Waals surface area contributed by atoms with Gasteiger partial charge in [0.25, 0.3) is 0 Å². The van der Waals surface area contributed by atoms with Crippen LogP contribution in [-0.2, 0) is 13.0 Å². The number of benzene rings is 2. The first-order valence-electron chi connectivity index (χ1n) is 9.84. The van der Waals surface area contributed by atoms with E-state index in [9.17, 15) is 0 Å². The highest BCUT2D eigenvalue weighted by atomic mass is 15.3. The maximum atomic E-state index is 3.52. The van der Waals surface area contributed by atoms with Crippen molar-refractivity contribution in [2.24, 2.45) is 0 Å². The summed E-state index contributed by atoms with van der Waals surface area (Å²) < 4.78 is 0. The first kappa shape index (κ1) is 17.3. The number of nitrogens with one attached hydrogen (secondary N) is 1. The average Bonchev–Trinajstić information content (AvgIpc) is 2.99. The van der Waals surface area contributed by atoms with Crippen molar-refractivity contribution in [3.05, 3.63) is 71.4 Å². The minimum absolute atomic E-state index is 1.09. The lowest BCUT2D eigenvalue weighted by Crippen LogP contribution is -2.46. The molecule has 1 saturated heterocycles. The van der Waals surface area contributed by atoms with Gasteiger partial charge in [-0.05, 0) is 43.5 Å². The highest BCUT2D eigenvalue weighted by Gasteiger charge is 2.17. The quantitative estimate of drug-likeness (QED) is 0.721. The van der Waals surface area contributed by atoms with Crippen LogP contribution in [-0.4, -0.2) is 47.5 Å². The zero-order chi connectivity index (χ0) is 17.8. The Balaban J connectivity index is 1.24. The number of fused-ring (bicyclic) bond motifs is 1. The second-order valence-corrected chi connectivity index (χ2v) is 7.48. The number of aromatic amines is 1. The van der Waals surface area contributed by atoms with E-state index in [-0.39, 0.29) is 0 Å². The summed E-state index contributed by atoms with van der Waals surface area (Å²) in [7, 11) is 0. The predicted molar refractivity (Wildman–Crippen MR) is 110 cm³/mol. The molecule has 0 radical (unpaired) electrons.